The average molecular weight is 351 g/mol. The Morgan fingerprint density at radius 2 is 2.05 bits per heavy atom. The summed E-state index contributed by atoms with van der Waals surface area (Å²) >= 11 is 3.95. The van der Waals surface area contributed by atoms with E-state index >= 15 is 0 Å². The second-order valence-corrected chi connectivity index (χ2v) is 5.97. The minimum absolute atomic E-state index is 0.392. The molecule has 0 saturated heterocycles. The molecule has 0 aliphatic rings. The lowest BCUT2D eigenvalue weighted by Gasteiger charge is -2.11. The minimum atomic E-state index is -4.42. The molecule has 0 aliphatic heterocycles. The first kappa shape index (κ1) is 14.5. The van der Waals surface area contributed by atoms with Crippen LogP contribution in [0.1, 0.15) is 27.1 Å². The molecule has 7 heteroatoms. The van der Waals surface area contributed by atoms with E-state index < -0.39 is 17.2 Å². The van der Waals surface area contributed by atoms with E-state index in [1.54, 1.807) is 6.07 Å². The highest BCUT2D eigenvalue weighted by molar-refractivity contribution is 9.10. The van der Waals surface area contributed by atoms with Crippen LogP contribution in [0.25, 0.3) is 0 Å². The van der Waals surface area contributed by atoms with E-state index in [-0.39, 0.29) is 0 Å². The first-order valence-corrected chi connectivity index (χ1v) is 6.94. The fourth-order valence-electron chi connectivity index (χ4n) is 1.53. The van der Waals surface area contributed by atoms with Gasteiger partial charge in [-0.3, -0.25) is 0 Å². The summed E-state index contributed by atoms with van der Waals surface area (Å²) in [6.07, 6.45) is -3.23. The fraction of sp³-hybridized carbons (Fsp3) is 0.250. The number of halogens is 4. The molecule has 0 bridgehead atoms. The van der Waals surface area contributed by atoms with Crippen LogP contribution >= 0.6 is 27.3 Å². The highest BCUT2D eigenvalue weighted by atomic mass is 79.9. The van der Waals surface area contributed by atoms with Crippen LogP contribution in [0.3, 0.4) is 0 Å². The SMILES string of the molecule is Cc1ccc(C(N)c2cnc(C(F)(F)F)s2)cc1Br. The zero-order valence-electron chi connectivity index (χ0n) is 9.83. The Morgan fingerprint density at radius 1 is 1.37 bits per heavy atom. The Bertz CT molecular complexity index is 595. The quantitative estimate of drug-likeness (QED) is 0.877. The van der Waals surface area contributed by atoms with Crippen molar-refractivity contribution < 1.29 is 13.2 Å². The van der Waals surface area contributed by atoms with E-state index in [4.69, 9.17) is 5.73 Å². The molecular formula is C12H10BrF3N2S. The Kier molecular flexibility index (Phi) is 3.98. The average Bonchev–Trinajstić information content (AvgIpc) is 2.81. The molecule has 0 saturated carbocycles. The zero-order valence-corrected chi connectivity index (χ0v) is 12.2. The molecule has 2 aromatic rings. The first-order valence-electron chi connectivity index (χ1n) is 5.33. The predicted molar refractivity (Wildman–Crippen MR) is 72.0 cm³/mol. The van der Waals surface area contributed by atoms with Crippen molar-refractivity contribution in [2.45, 2.75) is 19.1 Å². The molecule has 0 spiro atoms. The van der Waals surface area contributed by atoms with Gasteiger partial charge in [0.1, 0.15) is 0 Å². The van der Waals surface area contributed by atoms with Gasteiger partial charge < -0.3 is 5.73 Å². The normalized spacial score (nSPS) is 13.6. The second-order valence-electron chi connectivity index (χ2n) is 4.05. The third-order valence-corrected chi connectivity index (χ3v) is 4.61. The van der Waals surface area contributed by atoms with Gasteiger partial charge in [0.15, 0.2) is 5.01 Å². The van der Waals surface area contributed by atoms with E-state index in [1.165, 1.54) is 6.20 Å². The molecule has 1 aromatic heterocycles. The number of hydrogen-bond acceptors (Lipinski definition) is 3. The lowest BCUT2D eigenvalue weighted by Crippen LogP contribution is -2.10. The first-order chi connectivity index (χ1) is 8.79. The Morgan fingerprint density at radius 3 is 2.58 bits per heavy atom. The van der Waals surface area contributed by atoms with Crippen molar-refractivity contribution in [2.75, 3.05) is 0 Å². The van der Waals surface area contributed by atoms with Crippen molar-refractivity contribution in [1.29, 1.82) is 0 Å². The fourth-order valence-corrected chi connectivity index (χ4v) is 2.74. The van der Waals surface area contributed by atoms with Gasteiger partial charge in [-0.2, -0.15) is 13.2 Å². The molecular weight excluding hydrogens is 341 g/mol. The number of aromatic nitrogens is 1. The number of alkyl halides is 3. The van der Waals surface area contributed by atoms with Gasteiger partial charge >= 0.3 is 6.18 Å². The second kappa shape index (κ2) is 5.22. The maximum Gasteiger partial charge on any atom is 0.443 e. The van der Waals surface area contributed by atoms with Gasteiger partial charge in [-0.1, -0.05) is 28.1 Å². The summed E-state index contributed by atoms with van der Waals surface area (Å²) in [5.74, 6) is 0. The summed E-state index contributed by atoms with van der Waals surface area (Å²) in [6.45, 7) is 1.92. The lowest BCUT2D eigenvalue weighted by atomic mass is 10.1. The molecule has 2 nitrogen and oxygen atoms in total. The van der Waals surface area contributed by atoms with Crippen molar-refractivity contribution >= 4 is 27.3 Å². The monoisotopic (exact) mass is 350 g/mol. The number of benzene rings is 1. The van der Waals surface area contributed by atoms with E-state index in [2.05, 4.69) is 20.9 Å². The molecule has 0 fully saturated rings. The molecule has 1 heterocycles. The standard InChI is InChI=1S/C12H10BrF3N2S/c1-6-2-3-7(4-8(6)13)10(17)9-5-18-11(19-9)12(14,15)16/h2-5,10H,17H2,1H3. The van der Waals surface area contributed by atoms with Crippen LogP contribution < -0.4 is 5.73 Å². The van der Waals surface area contributed by atoms with E-state index in [0.29, 0.717) is 16.2 Å². The topological polar surface area (TPSA) is 38.9 Å². The van der Waals surface area contributed by atoms with E-state index in [0.717, 1.165) is 15.6 Å². The minimum Gasteiger partial charge on any atom is -0.320 e. The molecule has 2 rings (SSSR count). The lowest BCUT2D eigenvalue weighted by molar-refractivity contribution is -0.137. The van der Waals surface area contributed by atoms with Crippen LogP contribution in [0.15, 0.2) is 28.9 Å². The Labute approximate surface area is 120 Å². The molecule has 0 aliphatic carbocycles. The third kappa shape index (κ3) is 3.16. The summed E-state index contributed by atoms with van der Waals surface area (Å²) in [6, 6.07) is 4.88. The molecule has 1 atom stereocenters. The predicted octanol–water partition coefficient (Wildman–Crippen LogP) is 4.28. The van der Waals surface area contributed by atoms with Crippen molar-refractivity contribution in [3.8, 4) is 0 Å². The molecule has 0 radical (unpaired) electrons. The van der Waals surface area contributed by atoms with E-state index in [9.17, 15) is 13.2 Å². The maximum atomic E-state index is 12.5. The summed E-state index contributed by atoms with van der Waals surface area (Å²) in [4.78, 5) is 3.77. The molecule has 1 unspecified atom stereocenters. The summed E-state index contributed by atoms with van der Waals surface area (Å²) < 4.78 is 38.3. The number of thiazole rings is 1. The smallest absolute Gasteiger partial charge is 0.320 e. The van der Waals surface area contributed by atoms with Crippen molar-refractivity contribution in [1.82, 2.24) is 4.98 Å². The third-order valence-electron chi connectivity index (χ3n) is 2.63. The summed E-state index contributed by atoms with van der Waals surface area (Å²) in [7, 11) is 0. The molecule has 0 amide bonds. The van der Waals surface area contributed by atoms with Crippen molar-refractivity contribution in [3.63, 3.8) is 0 Å². The highest BCUT2D eigenvalue weighted by Gasteiger charge is 2.35. The molecule has 19 heavy (non-hydrogen) atoms. The number of nitrogens with zero attached hydrogens (tertiary/aromatic N) is 1. The van der Waals surface area contributed by atoms with Gasteiger partial charge in [-0.05, 0) is 24.1 Å². The van der Waals surface area contributed by atoms with Gasteiger partial charge in [0.05, 0.1) is 6.04 Å². The van der Waals surface area contributed by atoms with E-state index in [1.807, 2.05) is 19.1 Å². The molecule has 102 valence electrons. The molecule has 2 N–H and O–H groups in total. The van der Waals surface area contributed by atoms with Crippen LogP contribution in [0.2, 0.25) is 0 Å². The van der Waals surface area contributed by atoms with Gasteiger partial charge in [-0.15, -0.1) is 11.3 Å². The van der Waals surface area contributed by atoms with Crippen molar-refractivity contribution in [3.05, 3.63) is 49.9 Å². The zero-order chi connectivity index (χ0) is 14.2. The number of nitrogens with two attached hydrogens (primary N) is 1. The Hall–Kier alpha value is -0.920. The van der Waals surface area contributed by atoms with Gasteiger partial charge in [-0.25, -0.2) is 4.98 Å². The number of aryl methyl sites for hydroxylation is 1. The summed E-state index contributed by atoms with van der Waals surface area (Å²) in [5, 5.41) is -0.871. The van der Waals surface area contributed by atoms with Gasteiger partial charge in [0.2, 0.25) is 0 Å². The van der Waals surface area contributed by atoms with Gasteiger partial charge in [0, 0.05) is 15.5 Å². The number of rotatable bonds is 2. The number of hydrogen-bond donors (Lipinski definition) is 1. The maximum absolute atomic E-state index is 12.5. The van der Waals surface area contributed by atoms with Crippen LogP contribution in [0, 0.1) is 6.92 Å². The van der Waals surface area contributed by atoms with Crippen LogP contribution in [-0.2, 0) is 6.18 Å². The highest BCUT2D eigenvalue weighted by Crippen LogP contribution is 2.35. The molecule has 1 aromatic carbocycles. The van der Waals surface area contributed by atoms with Crippen molar-refractivity contribution in [2.24, 2.45) is 5.73 Å². The van der Waals surface area contributed by atoms with Crippen LogP contribution in [-0.4, -0.2) is 4.98 Å². The van der Waals surface area contributed by atoms with Gasteiger partial charge in [0.25, 0.3) is 0 Å². The summed E-state index contributed by atoms with van der Waals surface area (Å²) in [5.41, 5.74) is 7.76. The Balaban J connectivity index is 2.31. The largest absolute Gasteiger partial charge is 0.443 e. The van der Waals surface area contributed by atoms with Crippen LogP contribution in [0.5, 0.6) is 0 Å². The van der Waals surface area contributed by atoms with Crippen LogP contribution in [0.4, 0.5) is 13.2 Å².